The maximum Gasteiger partial charge on any atom is 0.308 e. The van der Waals surface area contributed by atoms with Crippen LogP contribution in [0.1, 0.15) is 38.5 Å². The normalized spacial score (nSPS) is 27.9. The number of allylic oxidation sites excluding steroid dienone is 1. The Bertz CT molecular complexity index is 465. The maximum atomic E-state index is 12.5. The molecule has 1 unspecified atom stereocenters. The van der Waals surface area contributed by atoms with Crippen LogP contribution in [-0.4, -0.2) is 48.2 Å². The van der Waals surface area contributed by atoms with Crippen molar-refractivity contribution in [2.24, 2.45) is 11.3 Å². The molecule has 1 amide bonds. The van der Waals surface area contributed by atoms with Gasteiger partial charge in [-0.1, -0.05) is 11.6 Å². The van der Waals surface area contributed by atoms with Gasteiger partial charge >= 0.3 is 5.97 Å². The lowest BCUT2D eigenvalue weighted by Crippen LogP contribution is -2.40. The molecule has 1 N–H and O–H groups in total. The zero-order valence-electron chi connectivity index (χ0n) is 12.3. The molecule has 116 valence electrons. The van der Waals surface area contributed by atoms with E-state index in [1.54, 1.807) is 4.90 Å². The topological polar surface area (TPSA) is 66.8 Å². The van der Waals surface area contributed by atoms with Crippen LogP contribution in [0.25, 0.3) is 0 Å². The van der Waals surface area contributed by atoms with Crippen LogP contribution in [0.2, 0.25) is 0 Å². The van der Waals surface area contributed by atoms with Crippen molar-refractivity contribution in [3.8, 4) is 0 Å². The van der Waals surface area contributed by atoms with Gasteiger partial charge in [0, 0.05) is 38.1 Å². The number of amides is 1. The fraction of sp³-hybridized carbons (Fsp3) is 0.750. The first-order valence-corrected chi connectivity index (χ1v) is 7.87. The molecule has 2 saturated heterocycles. The third kappa shape index (κ3) is 2.84. The van der Waals surface area contributed by atoms with Gasteiger partial charge in [-0.05, 0) is 32.1 Å². The molecular formula is C16H23NO4. The molecule has 0 bridgehead atoms. The summed E-state index contributed by atoms with van der Waals surface area (Å²) in [6, 6.07) is 0. The number of rotatable bonds is 3. The van der Waals surface area contributed by atoms with Crippen LogP contribution in [0.3, 0.4) is 0 Å². The predicted molar refractivity (Wildman–Crippen MR) is 76.7 cm³/mol. The summed E-state index contributed by atoms with van der Waals surface area (Å²) in [5.41, 5.74) is 0.948. The second-order valence-corrected chi connectivity index (χ2v) is 6.57. The van der Waals surface area contributed by atoms with E-state index in [-0.39, 0.29) is 11.3 Å². The van der Waals surface area contributed by atoms with Gasteiger partial charge in [0.25, 0.3) is 0 Å². The first kappa shape index (κ1) is 14.6. The van der Waals surface area contributed by atoms with Crippen molar-refractivity contribution < 1.29 is 19.4 Å². The van der Waals surface area contributed by atoms with Crippen LogP contribution in [0, 0.1) is 11.3 Å². The van der Waals surface area contributed by atoms with Gasteiger partial charge in [0.1, 0.15) is 0 Å². The Hall–Kier alpha value is -1.36. The molecule has 0 aromatic heterocycles. The molecule has 1 atom stereocenters. The highest BCUT2D eigenvalue weighted by Crippen LogP contribution is 2.44. The average Bonchev–Trinajstić information content (AvgIpc) is 3.08. The van der Waals surface area contributed by atoms with E-state index in [9.17, 15) is 14.7 Å². The molecule has 2 heterocycles. The minimum atomic E-state index is -0.771. The Morgan fingerprint density at radius 1 is 1.38 bits per heavy atom. The van der Waals surface area contributed by atoms with Crippen LogP contribution >= 0.6 is 0 Å². The van der Waals surface area contributed by atoms with Crippen LogP contribution in [0.15, 0.2) is 11.6 Å². The van der Waals surface area contributed by atoms with Crippen LogP contribution < -0.4 is 0 Å². The number of carbonyl (C=O) groups excluding carboxylic acids is 1. The third-order valence-corrected chi connectivity index (χ3v) is 5.30. The van der Waals surface area contributed by atoms with Crippen molar-refractivity contribution in [2.75, 3.05) is 26.3 Å². The molecule has 5 heteroatoms. The molecule has 0 aromatic rings. The van der Waals surface area contributed by atoms with E-state index in [0.717, 1.165) is 32.1 Å². The van der Waals surface area contributed by atoms with Crippen molar-refractivity contribution in [2.45, 2.75) is 38.5 Å². The molecule has 5 nitrogen and oxygen atoms in total. The number of nitrogens with zero attached hydrogens (tertiary/aromatic N) is 1. The highest BCUT2D eigenvalue weighted by molar-refractivity contribution is 5.81. The number of carboxylic acid groups (broad SMARTS) is 1. The molecule has 2 aliphatic heterocycles. The van der Waals surface area contributed by atoms with Crippen LogP contribution in [-0.2, 0) is 14.3 Å². The Kier molecular flexibility index (Phi) is 4.02. The SMILES string of the molecule is O=C(O)C1CN(C(=O)CC2=CCCC2)CC12CCOCC2. The molecule has 1 spiro atoms. The summed E-state index contributed by atoms with van der Waals surface area (Å²) in [5.74, 6) is -1.12. The summed E-state index contributed by atoms with van der Waals surface area (Å²) in [6.45, 7) is 2.16. The van der Waals surface area contributed by atoms with Gasteiger partial charge in [-0.25, -0.2) is 0 Å². The van der Waals surface area contributed by atoms with E-state index >= 15 is 0 Å². The predicted octanol–water partition coefficient (Wildman–Crippen LogP) is 1.83. The smallest absolute Gasteiger partial charge is 0.308 e. The second-order valence-electron chi connectivity index (χ2n) is 6.57. The molecule has 3 rings (SSSR count). The molecule has 0 radical (unpaired) electrons. The van der Waals surface area contributed by atoms with E-state index in [4.69, 9.17) is 4.74 Å². The number of carboxylic acids is 1. The summed E-state index contributed by atoms with van der Waals surface area (Å²) >= 11 is 0. The minimum absolute atomic E-state index is 0.0952. The zero-order valence-corrected chi connectivity index (χ0v) is 12.3. The highest BCUT2D eigenvalue weighted by atomic mass is 16.5. The summed E-state index contributed by atoms with van der Waals surface area (Å²) in [4.78, 5) is 25.8. The minimum Gasteiger partial charge on any atom is -0.481 e. The highest BCUT2D eigenvalue weighted by Gasteiger charge is 2.51. The van der Waals surface area contributed by atoms with Crippen molar-refractivity contribution in [3.63, 3.8) is 0 Å². The van der Waals surface area contributed by atoms with Gasteiger partial charge in [-0.15, -0.1) is 0 Å². The lowest BCUT2D eigenvalue weighted by Gasteiger charge is -2.36. The first-order valence-electron chi connectivity index (χ1n) is 7.87. The number of carbonyl (C=O) groups is 2. The number of ether oxygens (including phenoxy) is 1. The lowest BCUT2D eigenvalue weighted by atomic mass is 9.72. The lowest BCUT2D eigenvalue weighted by molar-refractivity contribution is -0.146. The van der Waals surface area contributed by atoms with Crippen LogP contribution in [0.5, 0.6) is 0 Å². The van der Waals surface area contributed by atoms with Gasteiger partial charge < -0.3 is 14.7 Å². The van der Waals surface area contributed by atoms with Crippen molar-refractivity contribution >= 4 is 11.9 Å². The fourth-order valence-corrected chi connectivity index (χ4v) is 3.99. The Morgan fingerprint density at radius 2 is 2.14 bits per heavy atom. The molecular weight excluding hydrogens is 270 g/mol. The number of likely N-dealkylation sites (tertiary alicyclic amines) is 1. The van der Waals surface area contributed by atoms with Gasteiger partial charge in [0.15, 0.2) is 0 Å². The first-order chi connectivity index (χ1) is 10.1. The standard InChI is InChI=1S/C16H23NO4/c18-14(9-12-3-1-2-4-12)17-10-13(15(19)20)16(11-17)5-7-21-8-6-16/h3,13H,1-2,4-11H2,(H,19,20). The van der Waals surface area contributed by atoms with Gasteiger partial charge in [-0.3, -0.25) is 9.59 Å². The molecule has 1 aliphatic carbocycles. The summed E-state index contributed by atoms with van der Waals surface area (Å²) in [7, 11) is 0. The summed E-state index contributed by atoms with van der Waals surface area (Å²) in [5, 5.41) is 9.52. The molecule has 2 fully saturated rings. The molecule has 0 saturated carbocycles. The van der Waals surface area contributed by atoms with Crippen molar-refractivity contribution in [1.82, 2.24) is 4.90 Å². The molecule has 21 heavy (non-hydrogen) atoms. The monoisotopic (exact) mass is 293 g/mol. The van der Waals surface area contributed by atoms with Gasteiger partial charge in [-0.2, -0.15) is 0 Å². The van der Waals surface area contributed by atoms with E-state index < -0.39 is 11.9 Å². The van der Waals surface area contributed by atoms with E-state index in [1.807, 2.05) is 0 Å². The summed E-state index contributed by atoms with van der Waals surface area (Å²) < 4.78 is 5.38. The average molecular weight is 293 g/mol. The van der Waals surface area contributed by atoms with E-state index in [2.05, 4.69) is 6.08 Å². The zero-order chi connectivity index (χ0) is 14.9. The summed E-state index contributed by atoms with van der Waals surface area (Å²) in [6.07, 6.45) is 7.35. The number of aliphatic carboxylic acids is 1. The van der Waals surface area contributed by atoms with Crippen molar-refractivity contribution in [3.05, 3.63) is 11.6 Å². The van der Waals surface area contributed by atoms with E-state index in [0.29, 0.717) is 32.7 Å². The molecule has 0 aromatic carbocycles. The fourth-order valence-electron chi connectivity index (χ4n) is 3.99. The van der Waals surface area contributed by atoms with Crippen LogP contribution in [0.4, 0.5) is 0 Å². The second kappa shape index (κ2) is 5.79. The number of hydrogen-bond acceptors (Lipinski definition) is 3. The largest absolute Gasteiger partial charge is 0.481 e. The maximum absolute atomic E-state index is 12.5. The van der Waals surface area contributed by atoms with Gasteiger partial charge in [0.2, 0.25) is 5.91 Å². The third-order valence-electron chi connectivity index (χ3n) is 5.30. The Balaban J connectivity index is 1.70. The Morgan fingerprint density at radius 3 is 2.76 bits per heavy atom. The van der Waals surface area contributed by atoms with Crippen molar-refractivity contribution in [1.29, 1.82) is 0 Å². The number of hydrogen-bond donors (Lipinski definition) is 1. The van der Waals surface area contributed by atoms with E-state index in [1.165, 1.54) is 5.57 Å². The van der Waals surface area contributed by atoms with Gasteiger partial charge in [0.05, 0.1) is 5.92 Å². The molecule has 3 aliphatic rings. The Labute approximate surface area is 124 Å². The quantitative estimate of drug-likeness (QED) is 0.806.